The summed E-state index contributed by atoms with van der Waals surface area (Å²) in [6.07, 6.45) is -1.26. The average molecular weight is 157 g/mol. The predicted octanol–water partition coefficient (Wildman–Crippen LogP) is -1.90. The van der Waals surface area contributed by atoms with Crippen molar-refractivity contribution in [2.45, 2.75) is 0 Å². The van der Waals surface area contributed by atoms with Crippen LogP contribution in [0, 0.1) is 0 Å². The van der Waals surface area contributed by atoms with Gasteiger partial charge in [-0.15, -0.1) is 0 Å². The van der Waals surface area contributed by atoms with Crippen LogP contribution in [-0.4, -0.2) is 38.7 Å². The second kappa shape index (κ2) is 6.52. The summed E-state index contributed by atoms with van der Waals surface area (Å²) in [5.74, 6) is 0. The van der Waals surface area contributed by atoms with Gasteiger partial charge in [0.15, 0.2) is 0 Å². The van der Waals surface area contributed by atoms with E-state index in [1.165, 1.54) is 0 Å². The van der Waals surface area contributed by atoms with Crippen molar-refractivity contribution in [2.75, 3.05) is 0 Å². The average Bonchev–Trinajstić information content (AvgIpc) is 2.03. The summed E-state index contributed by atoms with van der Waals surface area (Å²) in [5.41, 5.74) is 0. The van der Waals surface area contributed by atoms with Gasteiger partial charge in [-0.05, 0) is 0 Å². The van der Waals surface area contributed by atoms with E-state index in [1.54, 1.807) is 0 Å². The van der Waals surface area contributed by atoms with Crippen LogP contribution in [0.2, 0.25) is 0 Å². The van der Waals surface area contributed by atoms with E-state index < -0.39 is 13.4 Å². The first-order chi connectivity index (χ1) is 5.26. The van der Waals surface area contributed by atoms with Gasteiger partial charge in [-0.2, -0.15) is 0 Å². The molecule has 11 heteroatoms. The van der Waals surface area contributed by atoms with Crippen molar-refractivity contribution in [3.63, 3.8) is 0 Å². The first-order valence-electron chi connectivity index (χ1n) is 2.41. The summed E-state index contributed by atoms with van der Waals surface area (Å²) in [6, 6.07) is 0. The molecule has 0 saturated heterocycles. The molecule has 2 N–H and O–H groups in total. The molecular weight excluding hydrogens is 155 g/mol. The summed E-state index contributed by atoms with van der Waals surface area (Å²) in [4.78, 5) is 7.65. The molecule has 0 bridgehead atoms. The van der Waals surface area contributed by atoms with E-state index in [-0.39, 0.29) is 7.04 Å². The van der Waals surface area contributed by atoms with Crippen LogP contribution in [0.15, 0.2) is 0 Å². The van der Waals surface area contributed by atoms with Crippen LogP contribution in [0.4, 0.5) is 0 Å². The van der Waals surface area contributed by atoms with Gasteiger partial charge in [0, 0.05) is 0 Å². The second-order valence-corrected chi connectivity index (χ2v) is 1.42. The first kappa shape index (κ1) is 10.8. The summed E-state index contributed by atoms with van der Waals surface area (Å²) in [7, 11) is 3.69. The molecule has 0 unspecified atom stereocenters. The molecule has 0 fully saturated rings. The molecule has 0 heterocycles. The molecule has 0 atom stereocenters. The monoisotopic (exact) mass is 158 g/mol. The van der Waals surface area contributed by atoms with Crippen molar-refractivity contribution < 1.29 is 34.9 Å². The van der Waals surface area contributed by atoms with E-state index in [4.69, 9.17) is 18.3 Å². The summed E-state index contributed by atoms with van der Waals surface area (Å²) in [5, 5.41) is 21.6. The van der Waals surface area contributed by atoms with Gasteiger partial charge in [0.2, 0.25) is 0 Å². The Balaban J connectivity index is 3.75. The maximum absolute atomic E-state index is 9.94. The summed E-state index contributed by atoms with van der Waals surface area (Å²) in [6.45, 7) is 0. The Kier molecular flexibility index (Phi) is 6.42. The van der Waals surface area contributed by atoms with Crippen LogP contribution in [0.3, 0.4) is 0 Å². The van der Waals surface area contributed by atoms with Crippen LogP contribution in [0.1, 0.15) is 0 Å². The molecule has 0 rings (SSSR count). The second-order valence-electron chi connectivity index (χ2n) is 1.42. The normalized spacial score (nSPS) is 9.00. The van der Waals surface area contributed by atoms with Crippen molar-refractivity contribution in [2.24, 2.45) is 0 Å². The zero-order chi connectivity index (χ0) is 8.69. The van der Waals surface area contributed by atoms with Crippen molar-refractivity contribution in [1.82, 2.24) is 0 Å². The van der Waals surface area contributed by atoms with Crippen molar-refractivity contribution in [1.29, 1.82) is 0 Å². The molecule has 7 nitrogen and oxygen atoms in total. The SMILES string of the molecule is [B-]B(B=O)B(OOO)OOO. The third-order valence-corrected chi connectivity index (χ3v) is 0.747. The van der Waals surface area contributed by atoms with E-state index >= 15 is 0 Å². The molecule has 3 radical (unpaired) electrons. The quantitative estimate of drug-likeness (QED) is 0.264. The van der Waals surface area contributed by atoms with Crippen molar-refractivity contribution in [3.05, 3.63) is 0 Å². The Hall–Kier alpha value is -0.180. The van der Waals surface area contributed by atoms with Crippen LogP contribution in [-0.2, 0) is 24.4 Å². The summed E-state index contributed by atoms with van der Waals surface area (Å²) >= 11 is 0. The molecule has 0 spiro atoms. The molecule has 0 aromatic rings. The fourth-order valence-corrected chi connectivity index (χ4v) is 0.293. The van der Waals surface area contributed by atoms with E-state index in [1.807, 2.05) is 0 Å². The predicted molar refractivity (Wildman–Crippen MR) is 33.3 cm³/mol. The first-order valence-corrected chi connectivity index (χ1v) is 2.41. The third-order valence-electron chi connectivity index (χ3n) is 0.747. The molecule has 0 aromatic heterocycles. The minimum absolute atomic E-state index is 0.239. The molecular formula is H2B4O7-. The Morgan fingerprint density at radius 3 is 2.00 bits per heavy atom. The zero-order valence-corrected chi connectivity index (χ0v) is 5.25. The van der Waals surface area contributed by atoms with E-state index in [2.05, 4.69) is 19.7 Å². The molecule has 0 saturated carbocycles. The van der Waals surface area contributed by atoms with Gasteiger partial charge in [0.25, 0.3) is 0 Å². The van der Waals surface area contributed by atoms with Crippen LogP contribution in [0.25, 0.3) is 0 Å². The van der Waals surface area contributed by atoms with Gasteiger partial charge in [-0.3, -0.25) is 0 Å². The van der Waals surface area contributed by atoms with Gasteiger partial charge >= 0.3 is 63.1 Å². The van der Waals surface area contributed by atoms with Crippen LogP contribution in [0.5, 0.6) is 0 Å². The van der Waals surface area contributed by atoms with Crippen LogP contribution < -0.4 is 0 Å². The van der Waals surface area contributed by atoms with E-state index in [0.717, 1.165) is 0 Å². The Morgan fingerprint density at radius 2 is 1.73 bits per heavy atom. The molecule has 11 heavy (non-hydrogen) atoms. The van der Waals surface area contributed by atoms with Gasteiger partial charge in [-0.25, -0.2) is 0 Å². The standard InChI is InChI=1S/B4H2O7/c1-3(2-5)4(8-10-6)9-11-7/h6-7H/q-1. The zero-order valence-electron chi connectivity index (χ0n) is 5.25. The van der Waals surface area contributed by atoms with Crippen molar-refractivity contribution >= 4 is 28.2 Å². The number of hydrogen-bond acceptors (Lipinski definition) is 7. The molecule has 0 aliphatic carbocycles. The minimum atomic E-state index is -1.54. The van der Waals surface area contributed by atoms with Gasteiger partial charge in [-0.1, -0.05) is 0 Å². The molecule has 57 valence electrons. The Labute approximate surface area is 64.1 Å². The fourth-order valence-electron chi connectivity index (χ4n) is 0.293. The Morgan fingerprint density at radius 1 is 1.27 bits per heavy atom. The molecule has 0 aromatic carbocycles. The van der Waals surface area contributed by atoms with Crippen molar-refractivity contribution in [3.8, 4) is 0 Å². The number of rotatable bonds is 6. The van der Waals surface area contributed by atoms with E-state index in [0.29, 0.717) is 0 Å². The van der Waals surface area contributed by atoms with Gasteiger partial charge < -0.3 is 0 Å². The van der Waals surface area contributed by atoms with E-state index in [9.17, 15) is 4.70 Å². The third kappa shape index (κ3) is 4.30. The molecule has 0 amide bonds. The van der Waals surface area contributed by atoms with Gasteiger partial charge in [0.1, 0.15) is 0 Å². The topological polar surface area (TPSA) is 94.5 Å². The Bertz CT molecular complexity index is 98.6. The molecule has 0 aliphatic rings. The van der Waals surface area contributed by atoms with Crippen LogP contribution >= 0.6 is 0 Å². The molecule has 0 aliphatic heterocycles. The van der Waals surface area contributed by atoms with Gasteiger partial charge in [0.05, 0.1) is 0 Å². The maximum atomic E-state index is 9.94. The fraction of sp³-hybridized carbons (Fsp3) is 0. The number of hydrogen-bond donors (Lipinski definition) is 2. The summed E-state index contributed by atoms with van der Waals surface area (Å²) < 4.78 is 9.94.